The number of hydrogen-bond donors (Lipinski definition) is 1. The van der Waals surface area contributed by atoms with E-state index in [4.69, 9.17) is 0 Å². The summed E-state index contributed by atoms with van der Waals surface area (Å²) in [5, 5.41) is 2.82. The van der Waals surface area contributed by atoms with Gasteiger partial charge in [-0.2, -0.15) is 0 Å². The lowest BCUT2D eigenvalue weighted by molar-refractivity contribution is -0.122. The van der Waals surface area contributed by atoms with Crippen LogP contribution in [0, 0.1) is 26.7 Å². The number of aromatic nitrogens is 4. The molecule has 0 bridgehead atoms. The lowest BCUT2D eigenvalue weighted by Gasteiger charge is -2.17. The van der Waals surface area contributed by atoms with Crippen LogP contribution < -0.4 is 10.2 Å². The Morgan fingerprint density at radius 1 is 1.20 bits per heavy atom. The number of aryl methyl sites for hydroxylation is 2. The fraction of sp³-hybridized carbons (Fsp3) is 0.286. The minimum Gasteiger partial charge on any atom is -0.323 e. The first-order chi connectivity index (χ1) is 14.3. The van der Waals surface area contributed by atoms with E-state index >= 15 is 0 Å². The second kappa shape index (κ2) is 7.98. The summed E-state index contributed by atoms with van der Waals surface area (Å²) in [6, 6.07) is 7.49. The second-order valence-corrected chi connectivity index (χ2v) is 8.23. The van der Waals surface area contributed by atoms with E-state index < -0.39 is 5.92 Å². The SMILES string of the molecule is Cc1nc(C)n(-c2ncc(NC(=O)C3CC(=O)N(c4cccc(Br)c4)C3)cn2)c1C. The van der Waals surface area contributed by atoms with Gasteiger partial charge in [-0.15, -0.1) is 0 Å². The van der Waals surface area contributed by atoms with Crippen molar-refractivity contribution in [2.24, 2.45) is 5.92 Å². The van der Waals surface area contributed by atoms with Crippen molar-refractivity contribution in [1.82, 2.24) is 19.5 Å². The molecule has 3 heterocycles. The maximum Gasteiger partial charge on any atom is 0.235 e. The van der Waals surface area contributed by atoms with Crippen LogP contribution in [0.4, 0.5) is 11.4 Å². The number of anilines is 2. The largest absolute Gasteiger partial charge is 0.323 e. The van der Waals surface area contributed by atoms with Crippen molar-refractivity contribution in [2.45, 2.75) is 27.2 Å². The van der Waals surface area contributed by atoms with Crippen LogP contribution in [0.5, 0.6) is 0 Å². The molecule has 0 radical (unpaired) electrons. The van der Waals surface area contributed by atoms with Crippen LogP contribution in [0.3, 0.4) is 0 Å². The molecule has 1 N–H and O–H groups in total. The predicted octanol–water partition coefficient (Wildman–Crippen LogP) is 3.34. The molecule has 8 nitrogen and oxygen atoms in total. The molecule has 0 saturated carbocycles. The highest BCUT2D eigenvalue weighted by Gasteiger charge is 2.35. The number of nitrogens with zero attached hydrogens (tertiary/aromatic N) is 5. The Balaban J connectivity index is 1.45. The van der Waals surface area contributed by atoms with E-state index in [0.29, 0.717) is 18.2 Å². The van der Waals surface area contributed by atoms with Crippen molar-refractivity contribution >= 4 is 39.1 Å². The van der Waals surface area contributed by atoms with Gasteiger partial charge in [0.15, 0.2) is 0 Å². The summed E-state index contributed by atoms with van der Waals surface area (Å²) in [4.78, 5) is 39.9. The number of carbonyl (C=O) groups excluding carboxylic acids is 2. The van der Waals surface area contributed by atoms with E-state index in [1.165, 1.54) is 0 Å². The van der Waals surface area contributed by atoms with Crippen molar-refractivity contribution in [3.63, 3.8) is 0 Å². The number of hydrogen-bond acceptors (Lipinski definition) is 5. The molecule has 1 unspecified atom stereocenters. The first-order valence-corrected chi connectivity index (χ1v) is 10.3. The topological polar surface area (TPSA) is 93.0 Å². The fourth-order valence-electron chi connectivity index (χ4n) is 3.60. The summed E-state index contributed by atoms with van der Waals surface area (Å²) in [6.07, 6.45) is 3.30. The number of carbonyl (C=O) groups is 2. The monoisotopic (exact) mass is 468 g/mol. The van der Waals surface area contributed by atoms with Gasteiger partial charge in [-0.25, -0.2) is 15.0 Å². The fourth-order valence-corrected chi connectivity index (χ4v) is 3.98. The van der Waals surface area contributed by atoms with E-state index in [2.05, 4.69) is 36.2 Å². The Kier molecular flexibility index (Phi) is 5.38. The lowest BCUT2D eigenvalue weighted by atomic mass is 10.1. The first-order valence-electron chi connectivity index (χ1n) is 9.55. The summed E-state index contributed by atoms with van der Waals surface area (Å²) in [6.45, 7) is 6.14. The van der Waals surface area contributed by atoms with E-state index in [-0.39, 0.29) is 18.2 Å². The van der Waals surface area contributed by atoms with Gasteiger partial charge in [0.2, 0.25) is 17.8 Å². The molecular weight excluding hydrogens is 448 g/mol. The Hall–Kier alpha value is -3.07. The molecule has 1 aliphatic heterocycles. The Morgan fingerprint density at radius 3 is 2.57 bits per heavy atom. The minimum atomic E-state index is -0.433. The highest BCUT2D eigenvalue weighted by atomic mass is 79.9. The van der Waals surface area contributed by atoms with E-state index in [1.807, 2.05) is 49.6 Å². The average molecular weight is 469 g/mol. The van der Waals surface area contributed by atoms with Crippen LogP contribution in [0.2, 0.25) is 0 Å². The molecule has 2 amide bonds. The molecule has 0 spiro atoms. The number of halogens is 1. The third-order valence-corrected chi connectivity index (χ3v) is 5.73. The van der Waals surface area contributed by atoms with Crippen molar-refractivity contribution in [1.29, 1.82) is 0 Å². The Bertz CT molecular complexity index is 1130. The highest BCUT2D eigenvalue weighted by Crippen LogP contribution is 2.28. The van der Waals surface area contributed by atoms with Gasteiger partial charge >= 0.3 is 0 Å². The maximum atomic E-state index is 12.7. The van der Waals surface area contributed by atoms with Gasteiger partial charge in [0.1, 0.15) is 5.82 Å². The van der Waals surface area contributed by atoms with Crippen LogP contribution in [0.25, 0.3) is 5.95 Å². The van der Waals surface area contributed by atoms with Crippen molar-refractivity contribution in [3.8, 4) is 5.95 Å². The van der Waals surface area contributed by atoms with E-state index in [0.717, 1.165) is 27.4 Å². The van der Waals surface area contributed by atoms with Crippen molar-refractivity contribution < 1.29 is 9.59 Å². The molecule has 4 rings (SSSR count). The van der Waals surface area contributed by atoms with Gasteiger partial charge in [-0.1, -0.05) is 22.0 Å². The molecule has 1 saturated heterocycles. The molecule has 3 aromatic rings. The molecule has 1 atom stereocenters. The number of rotatable bonds is 4. The zero-order chi connectivity index (χ0) is 21.4. The Labute approximate surface area is 182 Å². The summed E-state index contributed by atoms with van der Waals surface area (Å²) >= 11 is 3.41. The zero-order valence-corrected chi connectivity index (χ0v) is 18.5. The number of imidazole rings is 1. The Morgan fingerprint density at radius 2 is 1.93 bits per heavy atom. The average Bonchev–Trinajstić information content (AvgIpc) is 3.22. The molecule has 154 valence electrons. The molecule has 1 aliphatic rings. The quantitative estimate of drug-likeness (QED) is 0.633. The van der Waals surface area contributed by atoms with Crippen LogP contribution >= 0.6 is 15.9 Å². The zero-order valence-electron chi connectivity index (χ0n) is 16.9. The predicted molar refractivity (Wildman–Crippen MR) is 117 cm³/mol. The molecule has 1 fully saturated rings. The number of amides is 2. The van der Waals surface area contributed by atoms with Crippen LogP contribution in [-0.2, 0) is 9.59 Å². The molecule has 9 heteroatoms. The minimum absolute atomic E-state index is 0.0683. The first kappa shape index (κ1) is 20.2. The van der Waals surface area contributed by atoms with Crippen molar-refractivity contribution in [2.75, 3.05) is 16.8 Å². The second-order valence-electron chi connectivity index (χ2n) is 7.31. The van der Waals surface area contributed by atoms with Gasteiger partial charge in [0, 0.05) is 28.8 Å². The lowest BCUT2D eigenvalue weighted by Crippen LogP contribution is -2.28. The molecule has 0 aliphatic carbocycles. The maximum absolute atomic E-state index is 12.7. The van der Waals surface area contributed by atoms with Gasteiger partial charge in [-0.05, 0) is 39.0 Å². The smallest absolute Gasteiger partial charge is 0.235 e. The molecule has 1 aromatic carbocycles. The third kappa shape index (κ3) is 3.85. The summed E-state index contributed by atoms with van der Waals surface area (Å²) in [5.41, 5.74) is 3.17. The highest BCUT2D eigenvalue weighted by molar-refractivity contribution is 9.10. The summed E-state index contributed by atoms with van der Waals surface area (Å²) in [5.74, 6) is 0.584. The summed E-state index contributed by atoms with van der Waals surface area (Å²) in [7, 11) is 0. The van der Waals surface area contributed by atoms with E-state index in [1.54, 1.807) is 17.3 Å². The van der Waals surface area contributed by atoms with Crippen LogP contribution in [-0.4, -0.2) is 37.9 Å². The van der Waals surface area contributed by atoms with Crippen molar-refractivity contribution in [3.05, 3.63) is 58.3 Å². The standard InChI is InChI=1S/C21H21BrN6O2/c1-12-13(2)28(14(3)25-12)21-23-9-17(10-24-21)26-20(30)15-7-19(29)27(11-15)18-6-4-5-16(22)8-18/h4-6,8-10,15H,7,11H2,1-3H3,(H,26,30). The molecule has 30 heavy (non-hydrogen) atoms. The van der Waals surface area contributed by atoms with Gasteiger partial charge in [-0.3, -0.25) is 14.2 Å². The molecular formula is C21H21BrN6O2. The van der Waals surface area contributed by atoms with Gasteiger partial charge in [0.25, 0.3) is 0 Å². The number of nitrogens with one attached hydrogen (secondary N) is 1. The van der Waals surface area contributed by atoms with Crippen LogP contribution in [0.15, 0.2) is 41.1 Å². The summed E-state index contributed by atoms with van der Waals surface area (Å²) < 4.78 is 2.75. The van der Waals surface area contributed by atoms with Crippen LogP contribution in [0.1, 0.15) is 23.6 Å². The van der Waals surface area contributed by atoms with Gasteiger partial charge in [0.05, 0.1) is 29.7 Å². The normalized spacial score (nSPS) is 16.2. The number of benzene rings is 1. The third-order valence-electron chi connectivity index (χ3n) is 5.23. The van der Waals surface area contributed by atoms with E-state index in [9.17, 15) is 9.59 Å². The van der Waals surface area contributed by atoms with Gasteiger partial charge < -0.3 is 10.2 Å². The molecule has 2 aromatic heterocycles.